The molecule has 0 fully saturated rings. The second-order valence-corrected chi connectivity index (χ2v) is 7.57. The van der Waals surface area contributed by atoms with Crippen LogP contribution in [0.4, 0.5) is 8.78 Å². The molecule has 3 heterocycles. The molecule has 0 saturated carbocycles. The summed E-state index contributed by atoms with van der Waals surface area (Å²) in [5.74, 6) is -0.846. The molecule has 1 aliphatic rings. The average molecular weight is 441 g/mol. The van der Waals surface area contributed by atoms with Crippen molar-refractivity contribution in [1.82, 2.24) is 18.3 Å². The molecule has 0 atom stereocenters. The molecule has 4 aromatic rings. The van der Waals surface area contributed by atoms with Crippen LogP contribution in [0.3, 0.4) is 0 Å². The number of halogens is 2. The van der Waals surface area contributed by atoms with Gasteiger partial charge in [-0.25, -0.2) is 8.78 Å². The topological polar surface area (TPSA) is 60.6 Å². The highest BCUT2D eigenvalue weighted by molar-refractivity contribution is 7.71. The van der Waals surface area contributed by atoms with Crippen LogP contribution in [-0.2, 0) is 13.1 Å². The summed E-state index contributed by atoms with van der Waals surface area (Å²) in [6, 6.07) is 11.0. The highest BCUT2D eigenvalue weighted by atomic mass is 32.1. The molecule has 0 aliphatic carbocycles. The molecule has 1 aliphatic heterocycles. The van der Waals surface area contributed by atoms with Gasteiger partial charge in [0, 0.05) is 13.1 Å². The normalized spacial score (nSPS) is 12.6. The Balaban J connectivity index is 1.96. The molecule has 6 nitrogen and oxygen atoms in total. The Hall–Kier alpha value is -3.24. The first-order valence-corrected chi connectivity index (χ1v) is 9.82. The summed E-state index contributed by atoms with van der Waals surface area (Å²) in [4.78, 5) is 13.5. The molecule has 2 aromatic carbocycles. The van der Waals surface area contributed by atoms with Crippen LogP contribution in [0.5, 0.6) is 0 Å². The summed E-state index contributed by atoms with van der Waals surface area (Å²) < 4.78 is 33.6. The Morgan fingerprint density at radius 3 is 1.70 bits per heavy atom. The number of hydrogen-bond donors (Lipinski definition) is 1. The van der Waals surface area contributed by atoms with Crippen LogP contribution < -0.4 is 11.0 Å². The fourth-order valence-corrected chi connectivity index (χ4v) is 4.54. The van der Waals surface area contributed by atoms with E-state index in [2.05, 4.69) is 0 Å². The van der Waals surface area contributed by atoms with E-state index in [0.29, 0.717) is 34.9 Å². The molecular weight excluding hydrogens is 428 g/mol. The first-order valence-electron chi connectivity index (χ1n) is 9.00. The van der Waals surface area contributed by atoms with Crippen LogP contribution in [0.2, 0.25) is 0 Å². The largest absolute Gasteiger partial charge is 0.302 e. The molecule has 5 rings (SSSR count). The third-order valence-electron chi connectivity index (χ3n) is 5.17. The van der Waals surface area contributed by atoms with Crippen molar-refractivity contribution in [2.24, 2.45) is 0 Å². The summed E-state index contributed by atoms with van der Waals surface area (Å²) in [5, 5.41) is 8.89. The number of aromatic nitrogens is 4. The lowest BCUT2D eigenvalue weighted by atomic mass is 10.2. The van der Waals surface area contributed by atoms with Gasteiger partial charge < -0.3 is 9.13 Å². The predicted octanol–water partition coefficient (Wildman–Crippen LogP) is 3.61. The maximum atomic E-state index is 13.5. The molecule has 1 N–H and O–H groups in total. The third-order valence-corrected chi connectivity index (χ3v) is 5.98. The van der Waals surface area contributed by atoms with Crippen molar-refractivity contribution in [3.05, 3.63) is 85.5 Å². The molecule has 2 aromatic heterocycles. The minimum atomic E-state index is -0.496. The Bertz CT molecular complexity index is 1460. The van der Waals surface area contributed by atoms with E-state index in [1.165, 1.54) is 57.7 Å². The average Bonchev–Trinajstić information content (AvgIpc) is 3.16. The predicted molar refractivity (Wildman–Crippen MR) is 112 cm³/mol. The summed E-state index contributed by atoms with van der Waals surface area (Å²) in [5.41, 5.74) is 0.752. The molecule has 0 spiro atoms. The van der Waals surface area contributed by atoms with Crippen LogP contribution in [0.15, 0.2) is 53.3 Å². The van der Waals surface area contributed by atoms with Gasteiger partial charge in [0.1, 0.15) is 28.2 Å². The van der Waals surface area contributed by atoms with Crippen molar-refractivity contribution in [2.75, 3.05) is 0 Å². The Morgan fingerprint density at radius 1 is 0.767 bits per heavy atom. The zero-order valence-corrected chi connectivity index (χ0v) is 16.9. The van der Waals surface area contributed by atoms with Gasteiger partial charge in [-0.2, -0.15) is 0 Å². The van der Waals surface area contributed by atoms with Crippen molar-refractivity contribution in [3.8, 4) is 11.4 Å². The lowest BCUT2D eigenvalue weighted by Gasteiger charge is -2.16. The lowest BCUT2D eigenvalue weighted by molar-refractivity contribution is 0.625. The highest BCUT2D eigenvalue weighted by Gasteiger charge is 2.23. The van der Waals surface area contributed by atoms with Gasteiger partial charge in [0.2, 0.25) is 0 Å². The van der Waals surface area contributed by atoms with Crippen LogP contribution in [-0.4, -0.2) is 18.3 Å². The van der Waals surface area contributed by atoms with E-state index in [1.807, 2.05) is 0 Å². The van der Waals surface area contributed by atoms with Crippen molar-refractivity contribution in [2.45, 2.75) is 13.1 Å². The van der Waals surface area contributed by atoms with Crippen LogP contribution >= 0.6 is 24.4 Å². The Kier molecular flexibility index (Phi) is 4.16. The number of hydrogen-bond acceptors (Lipinski definition) is 4. The van der Waals surface area contributed by atoms with Crippen molar-refractivity contribution >= 4 is 35.5 Å². The summed E-state index contributed by atoms with van der Waals surface area (Å²) in [7, 11) is 0. The van der Waals surface area contributed by atoms with E-state index in [-0.39, 0.29) is 15.6 Å². The zero-order chi connectivity index (χ0) is 21.2. The molecule has 0 bridgehead atoms. The zero-order valence-electron chi connectivity index (χ0n) is 15.3. The van der Waals surface area contributed by atoms with Crippen molar-refractivity contribution in [3.63, 3.8) is 0 Å². The van der Waals surface area contributed by atoms with E-state index in [4.69, 9.17) is 29.8 Å². The molecule has 0 amide bonds. The lowest BCUT2D eigenvalue weighted by Crippen LogP contribution is -2.33. The van der Waals surface area contributed by atoms with Crippen molar-refractivity contribution in [1.29, 1.82) is 5.41 Å². The second-order valence-electron chi connectivity index (χ2n) is 6.84. The van der Waals surface area contributed by atoms with Crippen LogP contribution in [0.25, 0.3) is 22.4 Å². The van der Waals surface area contributed by atoms with Crippen molar-refractivity contribution < 1.29 is 8.78 Å². The van der Waals surface area contributed by atoms with E-state index in [9.17, 15) is 13.6 Å². The smallest absolute Gasteiger partial charge is 0.272 e. The van der Waals surface area contributed by atoms with Gasteiger partial charge in [-0.3, -0.25) is 19.3 Å². The molecule has 10 heteroatoms. The fourth-order valence-electron chi connectivity index (χ4n) is 3.80. The highest BCUT2D eigenvalue weighted by Crippen LogP contribution is 2.20. The van der Waals surface area contributed by atoms with Gasteiger partial charge in [0.05, 0.1) is 11.4 Å². The maximum absolute atomic E-state index is 13.5. The van der Waals surface area contributed by atoms with Gasteiger partial charge in [-0.15, -0.1) is 0 Å². The number of aryl methyl sites for hydroxylation is 2. The summed E-state index contributed by atoms with van der Waals surface area (Å²) in [6.45, 7) is 0.959. The van der Waals surface area contributed by atoms with Gasteiger partial charge >= 0.3 is 0 Å². The van der Waals surface area contributed by atoms with Crippen LogP contribution in [0, 0.1) is 26.6 Å². The first-order chi connectivity index (χ1) is 14.4. The number of benzene rings is 2. The van der Waals surface area contributed by atoms with Gasteiger partial charge in [-0.05, 0) is 73.0 Å². The molecule has 150 valence electrons. The summed E-state index contributed by atoms with van der Waals surface area (Å²) >= 11 is 11.2. The minimum absolute atomic E-state index is 0.121. The monoisotopic (exact) mass is 441 g/mol. The van der Waals surface area contributed by atoms with E-state index >= 15 is 0 Å². The molecular formula is C20H13F2N5OS2. The summed E-state index contributed by atoms with van der Waals surface area (Å²) in [6.07, 6.45) is 0. The van der Waals surface area contributed by atoms with E-state index in [1.54, 1.807) is 9.13 Å². The molecule has 0 saturated heterocycles. The quantitative estimate of drug-likeness (QED) is 0.484. The Labute approximate surface area is 178 Å². The SMILES string of the molecule is N=c1c2c(=O)n(-c3ccc(F)cc3)c(=S)n3c2n(c(=S)n1-c1ccc(F)cc1)CC3. The van der Waals surface area contributed by atoms with E-state index in [0.717, 1.165) is 0 Å². The molecule has 0 radical (unpaired) electrons. The number of nitrogens with one attached hydrogen (secondary N) is 1. The van der Waals surface area contributed by atoms with Gasteiger partial charge in [-0.1, -0.05) is 0 Å². The first kappa shape index (κ1) is 18.8. The molecule has 0 unspecified atom stereocenters. The number of nitrogens with zero attached hydrogens (tertiary/aromatic N) is 4. The third kappa shape index (κ3) is 2.57. The number of rotatable bonds is 2. The standard InChI is InChI=1S/C20H13F2N5OS2/c21-11-1-5-13(6-2-11)26-16(23)15-17-24(19(26)29)9-10-25(17)20(30)27(18(15)28)14-7-3-12(22)4-8-14/h1-8,23H,9-10H2. The molecule has 30 heavy (non-hydrogen) atoms. The van der Waals surface area contributed by atoms with Gasteiger partial charge in [0.15, 0.2) is 9.54 Å². The Morgan fingerprint density at radius 2 is 1.20 bits per heavy atom. The maximum Gasteiger partial charge on any atom is 0.272 e. The van der Waals surface area contributed by atoms with E-state index < -0.39 is 17.2 Å². The van der Waals surface area contributed by atoms with Gasteiger partial charge in [0.25, 0.3) is 5.56 Å². The second kappa shape index (κ2) is 6.64. The minimum Gasteiger partial charge on any atom is -0.302 e. The van der Waals surface area contributed by atoms with Crippen LogP contribution in [0.1, 0.15) is 0 Å². The fraction of sp³-hybridized carbons (Fsp3) is 0.100.